The number of phenolic OH excluding ortho intramolecular Hbond substituents is 1. The lowest BCUT2D eigenvalue weighted by Crippen LogP contribution is -2.49. The van der Waals surface area contributed by atoms with Crippen LogP contribution in [-0.2, 0) is 11.2 Å². The Bertz CT molecular complexity index is 944. The molecule has 0 spiro atoms. The maximum Gasteiger partial charge on any atom is 0.446 e. The van der Waals surface area contributed by atoms with Crippen LogP contribution in [0.3, 0.4) is 0 Å². The highest BCUT2D eigenvalue weighted by molar-refractivity contribution is 8.00. The van der Waals surface area contributed by atoms with Gasteiger partial charge < -0.3 is 15.7 Å². The van der Waals surface area contributed by atoms with Crippen LogP contribution in [0, 0.1) is 11.5 Å². The molecule has 0 aliphatic carbocycles. The largest absolute Gasteiger partial charge is 0.508 e. The molecule has 3 amide bonds. The Labute approximate surface area is 180 Å². The van der Waals surface area contributed by atoms with Crippen molar-refractivity contribution in [3.8, 4) is 11.9 Å². The highest BCUT2D eigenvalue weighted by Crippen LogP contribution is 2.37. The van der Waals surface area contributed by atoms with Gasteiger partial charge in [-0.2, -0.15) is 18.4 Å². The number of anilines is 1. The number of hydrogen-bond donors (Lipinski definition) is 3. The van der Waals surface area contributed by atoms with Gasteiger partial charge in [-0.15, -0.1) is 0 Å². The van der Waals surface area contributed by atoms with Crippen LogP contribution < -0.4 is 10.6 Å². The Morgan fingerprint density at radius 3 is 2.29 bits per heavy atom. The van der Waals surface area contributed by atoms with Gasteiger partial charge in [-0.3, -0.25) is 4.79 Å². The summed E-state index contributed by atoms with van der Waals surface area (Å²) < 4.78 is 37.2. The van der Waals surface area contributed by atoms with Crippen LogP contribution in [0.1, 0.15) is 12.5 Å². The van der Waals surface area contributed by atoms with E-state index in [-0.39, 0.29) is 41.1 Å². The fraction of sp³-hybridized carbons (Fsp3) is 0.250. The average Bonchev–Trinajstić information content (AvgIpc) is 2.70. The number of benzene rings is 2. The topological polar surface area (TPSA) is 105 Å². The molecule has 0 bridgehead atoms. The van der Waals surface area contributed by atoms with Crippen LogP contribution in [0.25, 0.3) is 0 Å². The van der Waals surface area contributed by atoms with Crippen LogP contribution in [0.4, 0.5) is 23.7 Å². The van der Waals surface area contributed by atoms with Gasteiger partial charge in [0.25, 0.3) is 5.91 Å². The second-order valence-electron chi connectivity index (χ2n) is 6.28. The lowest BCUT2D eigenvalue weighted by molar-refractivity contribution is -0.129. The van der Waals surface area contributed by atoms with Gasteiger partial charge >= 0.3 is 11.5 Å². The smallest absolute Gasteiger partial charge is 0.446 e. The Kier molecular flexibility index (Phi) is 8.15. The summed E-state index contributed by atoms with van der Waals surface area (Å²) in [5.74, 6) is -0.582. The van der Waals surface area contributed by atoms with Gasteiger partial charge in [0.1, 0.15) is 11.8 Å². The van der Waals surface area contributed by atoms with Crippen LogP contribution in [0.2, 0.25) is 0 Å². The van der Waals surface area contributed by atoms with E-state index in [1.54, 1.807) is 25.2 Å². The van der Waals surface area contributed by atoms with Crippen molar-refractivity contribution in [2.45, 2.75) is 29.8 Å². The number of thioether (sulfide) groups is 1. The first kappa shape index (κ1) is 23.9. The summed E-state index contributed by atoms with van der Waals surface area (Å²) in [4.78, 5) is 25.9. The zero-order valence-corrected chi connectivity index (χ0v) is 17.1. The summed E-state index contributed by atoms with van der Waals surface area (Å²) in [6, 6.07) is 9.20. The molecule has 7 nitrogen and oxygen atoms in total. The van der Waals surface area contributed by atoms with Gasteiger partial charge in [-0.05, 0) is 60.6 Å². The number of aromatic hydroxyl groups is 1. The van der Waals surface area contributed by atoms with Crippen LogP contribution >= 0.6 is 11.8 Å². The van der Waals surface area contributed by atoms with Crippen molar-refractivity contribution in [2.75, 3.05) is 11.9 Å². The normalized spacial score (nSPS) is 11.8. The standard InChI is InChI=1S/C20H19F3N4O3S/c1-2-27(12-24)18(29)17(11-13-3-7-15(28)8-4-13)26-19(30)25-14-5-9-16(10-6-14)31-20(21,22)23/h3-10,17,28H,2,11H2,1H3,(H2,25,26,30). The summed E-state index contributed by atoms with van der Waals surface area (Å²) in [6.45, 7) is 1.72. The molecule has 0 aliphatic heterocycles. The third-order valence-corrected chi connectivity index (χ3v) is 4.77. The summed E-state index contributed by atoms with van der Waals surface area (Å²) in [5, 5.41) is 23.5. The van der Waals surface area contributed by atoms with E-state index in [4.69, 9.17) is 5.26 Å². The zero-order chi connectivity index (χ0) is 23.0. The highest BCUT2D eigenvalue weighted by atomic mass is 32.2. The fourth-order valence-corrected chi connectivity index (χ4v) is 3.14. The first-order valence-corrected chi connectivity index (χ1v) is 9.85. The molecular weight excluding hydrogens is 433 g/mol. The Hall–Kier alpha value is -3.39. The second kappa shape index (κ2) is 10.6. The zero-order valence-electron chi connectivity index (χ0n) is 16.3. The fourth-order valence-electron chi connectivity index (χ4n) is 2.60. The number of alkyl halides is 3. The molecule has 0 saturated carbocycles. The molecule has 0 radical (unpaired) electrons. The first-order chi connectivity index (χ1) is 14.6. The summed E-state index contributed by atoms with van der Waals surface area (Å²) in [6.07, 6.45) is 1.81. The minimum absolute atomic E-state index is 0.0357. The number of rotatable bonds is 7. The number of phenols is 1. The third kappa shape index (κ3) is 7.75. The van der Waals surface area contributed by atoms with Gasteiger partial charge in [0, 0.05) is 23.5 Å². The van der Waals surface area contributed by atoms with E-state index >= 15 is 0 Å². The second-order valence-corrected chi connectivity index (χ2v) is 7.41. The lowest BCUT2D eigenvalue weighted by atomic mass is 10.0. The molecule has 2 rings (SSSR count). The Morgan fingerprint density at radius 2 is 1.77 bits per heavy atom. The number of hydrogen-bond acceptors (Lipinski definition) is 5. The number of halogens is 3. The number of likely N-dealkylation sites (N-methyl/N-ethyl adjacent to an activating group) is 1. The molecule has 31 heavy (non-hydrogen) atoms. The average molecular weight is 452 g/mol. The number of nitriles is 1. The van der Waals surface area contributed by atoms with Crippen molar-refractivity contribution in [2.24, 2.45) is 0 Å². The first-order valence-electron chi connectivity index (χ1n) is 9.03. The molecule has 0 heterocycles. The Balaban J connectivity index is 2.10. The van der Waals surface area contributed by atoms with Gasteiger partial charge in [0.2, 0.25) is 0 Å². The van der Waals surface area contributed by atoms with E-state index in [1.165, 1.54) is 36.4 Å². The molecule has 0 aromatic heterocycles. The van der Waals surface area contributed by atoms with Crippen molar-refractivity contribution in [1.29, 1.82) is 5.26 Å². The van der Waals surface area contributed by atoms with Crippen molar-refractivity contribution >= 4 is 29.4 Å². The molecule has 0 fully saturated rings. The minimum atomic E-state index is -4.42. The Morgan fingerprint density at radius 1 is 1.16 bits per heavy atom. The SMILES string of the molecule is CCN(C#N)C(=O)C(Cc1ccc(O)cc1)NC(=O)Nc1ccc(SC(F)(F)F)cc1. The molecule has 3 N–H and O–H groups in total. The van der Waals surface area contributed by atoms with E-state index in [9.17, 15) is 27.9 Å². The van der Waals surface area contributed by atoms with E-state index < -0.39 is 23.5 Å². The predicted molar refractivity (Wildman–Crippen MR) is 109 cm³/mol. The van der Waals surface area contributed by atoms with Crippen LogP contribution in [-0.4, -0.2) is 40.0 Å². The molecule has 11 heteroatoms. The summed E-state index contributed by atoms with van der Waals surface area (Å²) in [7, 11) is 0. The molecule has 0 aliphatic rings. The molecule has 2 aromatic carbocycles. The van der Waals surface area contributed by atoms with Gasteiger partial charge in [-0.1, -0.05) is 12.1 Å². The number of carbonyl (C=O) groups is 2. The molecule has 2 aromatic rings. The van der Waals surface area contributed by atoms with Gasteiger partial charge in [-0.25, -0.2) is 9.69 Å². The number of urea groups is 1. The maximum absolute atomic E-state index is 12.6. The molecule has 1 atom stereocenters. The highest BCUT2D eigenvalue weighted by Gasteiger charge is 2.29. The van der Waals surface area contributed by atoms with Crippen molar-refractivity contribution in [3.63, 3.8) is 0 Å². The predicted octanol–water partition coefficient (Wildman–Crippen LogP) is 4.07. The van der Waals surface area contributed by atoms with Gasteiger partial charge in [0.15, 0.2) is 6.19 Å². The summed E-state index contributed by atoms with van der Waals surface area (Å²) >= 11 is -0.274. The molecule has 1 unspecified atom stereocenters. The van der Waals surface area contributed by atoms with Crippen molar-refractivity contribution < 1.29 is 27.9 Å². The number of nitrogens with one attached hydrogen (secondary N) is 2. The molecular formula is C20H19F3N4O3S. The van der Waals surface area contributed by atoms with Crippen molar-refractivity contribution in [3.05, 3.63) is 54.1 Å². The number of amides is 3. The van der Waals surface area contributed by atoms with Gasteiger partial charge in [0.05, 0.1) is 0 Å². The quantitative estimate of drug-likeness (QED) is 0.334. The number of carbonyl (C=O) groups excluding carboxylic acids is 2. The van der Waals surface area contributed by atoms with Crippen LogP contribution in [0.15, 0.2) is 53.4 Å². The lowest BCUT2D eigenvalue weighted by Gasteiger charge is -2.22. The molecule has 164 valence electrons. The maximum atomic E-state index is 12.6. The molecule has 0 saturated heterocycles. The van der Waals surface area contributed by atoms with E-state index in [1.807, 2.05) is 0 Å². The van der Waals surface area contributed by atoms with Crippen LogP contribution in [0.5, 0.6) is 5.75 Å². The monoisotopic (exact) mass is 452 g/mol. The third-order valence-electron chi connectivity index (χ3n) is 4.03. The van der Waals surface area contributed by atoms with E-state index in [2.05, 4.69) is 10.6 Å². The minimum Gasteiger partial charge on any atom is -0.508 e. The van der Waals surface area contributed by atoms with E-state index in [0.717, 1.165) is 4.90 Å². The number of nitrogens with zero attached hydrogens (tertiary/aromatic N) is 2. The van der Waals surface area contributed by atoms with E-state index in [0.29, 0.717) is 5.56 Å². The summed E-state index contributed by atoms with van der Waals surface area (Å²) in [5.41, 5.74) is -3.55. The van der Waals surface area contributed by atoms with Crippen molar-refractivity contribution in [1.82, 2.24) is 10.2 Å².